The first kappa shape index (κ1) is 19.8. The first-order valence-corrected chi connectivity index (χ1v) is 11.2. The van der Waals surface area contributed by atoms with Crippen molar-refractivity contribution >= 4 is 11.6 Å². The fraction of sp³-hybridized carbons (Fsp3) is 0.667. The van der Waals surface area contributed by atoms with Gasteiger partial charge in [0.15, 0.2) is 6.04 Å². The van der Waals surface area contributed by atoms with E-state index >= 15 is 0 Å². The van der Waals surface area contributed by atoms with Crippen molar-refractivity contribution in [3.05, 3.63) is 40.7 Å². The van der Waals surface area contributed by atoms with Gasteiger partial charge in [0.1, 0.15) is 32.7 Å². The van der Waals surface area contributed by atoms with Crippen molar-refractivity contribution in [2.45, 2.75) is 58.2 Å². The van der Waals surface area contributed by atoms with Crippen LogP contribution in [0.2, 0.25) is 5.02 Å². The van der Waals surface area contributed by atoms with Gasteiger partial charge in [-0.2, -0.15) is 0 Å². The Morgan fingerprint density at radius 2 is 1.75 bits per heavy atom. The third kappa shape index (κ3) is 4.39. The van der Waals surface area contributed by atoms with Crippen molar-refractivity contribution in [1.82, 2.24) is 20.2 Å². The van der Waals surface area contributed by atoms with Crippen molar-refractivity contribution in [1.29, 1.82) is 0 Å². The topological polar surface area (TPSA) is 52.5 Å². The third-order valence-electron chi connectivity index (χ3n) is 6.54. The third-order valence-corrected chi connectivity index (χ3v) is 6.79. The van der Waals surface area contributed by atoms with Gasteiger partial charge in [-0.1, -0.05) is 50.4 Å². The van der Waals surface area contributed by atoms with Crippen molar-refractivity contribution in [2.75, 3.05) is 26.2 Å². The van der Waals surface area contributed by atoms with Gasteiger partial charge in [0, 0.05) is 16.5 Å². The lowest BCUT2D eigenvalue weighted by Crippen LogP contribution is -3.27. The molecule has 4 rings (SSSR count). The van der Waals surface area contributed by atoms with E-state index in [1.807, 2.05) is 12.1 Å². The molecule has 2 fully saturated rings. The standard InChI is InChI=1S/C21H31ClN6/c1-16(2)20(21-23-24-25-28(21)19-5-3-4-6-19)27-13-11-26(12-14-27)15-17-7-9-18(22)10-8-17/h7-10,16,19-20H,3-6,11-15H2,1-2H3/p+2/t20-/m0/s1. The van der Waals surface area contributed by atoms with Crippen LogP contribution < -0.4 is 9.80 Å². The molecule has 0 radical (unpaired) electrons. The zero-order valence-electron chi connectivity index (χ0n) is 17.1. The van der Waals surface area contributed by atoms with Gasteiger partial charge in [-0.15, -0.1) is 5.10 Å². The first-order chi connectivity index (χ1) is 13.6. The SMILES string of the molecule is CC(C)[C@@H](c1nnnn1C1CCCC1)[NH+]1CC[NH+](Cc2ccc(Cl)cc2)CC1. The molecule has 1 aliphatic heterocycles. The van der Waals surface area contributed by atoms with Crippen LogP contribution in [0.15, 0.2) is 24.3 Å². The molecule has 0 amide bonds. The molecule has 1 aliphatic carbocycles. The van der Waals surface area contributed by atoms with E-state index < -0.39 is 0 Å². The first-order valence-electron chi connectivity index (χ1n) is 10.8. The molecule has 1 saturated heterocycles. The Hall–Kier alpha value is -1.50. The summed E-state index contributed by atoms with van der Waals surface area (Å²) in [5.74, 6) is 1.64. The zero-order chi connectivity index (χ0) is 19.5. The maximum atomic E-state index is 6.02. The minimum atomic E-state index is 0.382. The molecule has 7 heteroatoms. The van der Waals surface area contributed by atoms with E-state index in [0.717, 1.165) is 17.4 Å². The Morgan fingerprint density at radius 1 is 1.07 bits per heavy atom. The Labute approximate surface area is 172 Å². The van der Waals surface area contributed by atoms with Gasteiger partial charge in [-0.05, 0) is 35.4 Å². The van der Waals surface area contributed by atoms with Gasteiger partial charge in [-0.3, -0.25) is 0 Å². The van der Waals surface area contributed by atoms with Crippen molar-refractivity contribution in [2.24, 2.45) is 5.92 Å². The van der Waals surface area contributed by atoms with Gasteiger partial charge >= 0.3 is 0 Å². The summed E-state index contributed by atoms with van der Waals surface area (Å²) < 4.78 is 2.16. The Morgan fingerprint density at radius 3 is 2.39 bits per heavy atom. The average Bonchev–Trinajstić information content (AvgIpc) is 3.36. The molecule has 1 aromatic carbocycles. The van der Waals surface area contributed by atoms with Crippen molar-refractivity contribution in [3.8, 4) is 0 Å². The number of hydrogen-bond donors (Lipinski definition) is 2. The van der Waals surface area contributed by atoms with Gasteiger partial charge in [0.2, 0.25) is 5.82 Å². The summed E-state index contributed by atoms with van der Waals surface area (Å²) in [6, 6.07) is 9.18. The fourth-order valence-corrected chi connectivity index (χ4v) is 5.20. The highest BCUT2D eigenvalue weighted by Gasteiger charge is 2.37. The van der Waals surface area contributed by atoms with Crippen LogP contribution in [0.1, 0.15) is 63.0 Å². The summed E-state index contributed by atoms with van der Waals surface area (Å²) in [6.45, 7) is 10.4. The predicted octanol–water partition coefficient (Wildman–Crippen LogP) is 1.12. The number of quaternary nitrogens is 2. The molecule has 1 aromatic heterocycles. The fourth-order valence-electron chi connectivity index (χ4n) is 5.07. The van der Waals surface area contributed by atoms with Crippen LogP contribution in [0, 0.1) is 5.92 Å². The second kappa shape index (κ2) is 8.89. The Kier molecular flexibility index (Phi) is 6.28. The lowest BCUT2D eigenvalue weighted by molar-refractivity contribution is -1.03. The van der Waals surface area contributed by atoms with E-state index in [-0.39, 0.29) is 0 Å². The quantitative estimate of drug-likeness (QED) is 0.758. The molecule has 0 spiro atoms. The number of nitrogens with one attached hydrogen (secondary N) is 2. The minimum Gasteiger partial charge on any atom is -0.322 e. The normalized spacial score (nSPS) is 24.7. The van der Waals surface area contributed by atoms with Crippen LogP contribution in [0.3, 0.4) is 0 Å². The summed E-state index contributed by atoms with van der Waals surface area (Å²) in [7, 11) is 0. The second-order valence-corrected chi connectivity index (χ2v) is 9.29. The molecule has 28 heavy (non-hydrogen) atoms. The van der Waals surface area contributed by atoms with Gasteiger partial charge in [0.25, 0.3) is 0 Å². The highest BCUT2D eigenvalue weighted by Crippen LogP contribution is 2.31. The molecular formula is C21H33ClN6+2. The highest BCUT2D eigenvalue weighted by atomic mass is 35.5. The lowest BCUT2D eigenvalue weighted by Gasteiger charge is -2.36. The smallest absolute Gasteiger partial charge is 0.209 e. The number of aromatic nitrogens is 4. The van der Waals surface area contributed by atoms with Gasteiger partial charge < -0.3 is 9.80 Å². The molecule has 6 nitrogen and oxygen atoms in total. The number of rotatable bonds is 6. The molecule has 0 bridgehead atoms. The number of hydrogen-bond acceptors (Lipinski definition) is 3. The van der Waals surface area contributed by atoms with Crippen molar-refractivity contribution < 1.29 is 9.80 Å². The maximum Gasteiger partial charge on any atom is 0.209 e. The number of halogens is 1. The monoisotopic (exact) mass is 404 g/mol. The molecule has 152 valence electrons. The molecule has 1 atom stereocenters. The van der Waals surface area contributed by atoms with E-state index in [1.165, 1.54) is 57.4 Å². The second-order valence-electron chi connectivity index (χ2n) is 8.85. The zero-order valence-corrected chi connectivity index (χ0v) is 17.8. The number of piperazine rings is 1. The van der Waals surface area contributed by atoms with Crippen LogP contribution in [-0.4, -0.2) is 46.4 Å². The van der Waals surface area contributed by atoms with Crippen LogP contribution in [-0.2, 0) is 6.54 Å². The van der Waals surface area contributed by atoms with Crippen LogP contribution in [0.25, 0.3) is 0 Å². The summed E-state index contributed by atoms with van der Waals surface area (Å²) >= 11 is 6.02. The molecule has 2 aromatic rings. The number of benzene rings is 1. The summed E-state index contributed by atoms with van der Waals surface area (Å²) in [5, 5.41) is 13.8. The molecule has 2 N–H and O–H groups in total. The summed E-state index contributed by atoms with van der Waals surface area (Å²) in [5.41, 5.74) is 1.37. The highest BCUT2D eigenvalue weighted by molar-refractivity contribution is 6.30. The largest absolute Gasteiger partial charge is 0.322 e. The van der Waals surface area contributed by atoms with Crippen LogP contribution >= 0.6 is 11.6 Å². The Bertz CT molecular complexity index is 745. The maximum absolute atomic E-state index is 6.02. The van der Waals surface area contributed by atoms with E-state index in [0.29, 0.717) is 18.0 Å². The van der Waals surface area contributed by atoms with E-state index in [2.05, 4.69) is 46.2 Å². The molecule has 2 aliphatic rings. The van der Waals surface area contributed by atoms with Gasteiger partial charge in [-0.25, -0.2) is 4.68 Å². The Balaban J connectivity index is 1.41. The lowest BCUT2D eigenvalue weighted by atomic mass is 10.00. The van der Waals surface area contributed by atoms with E-state index in [9.17, 15) is 0 Å². The summed E-state index contributed by atoms with van der Waals surface area (Å²) in [6.07, 6.45) is 5.04. The van der Waals surface area contributed by atoms with Crippen molar-refractivity contribution in [3.63, 3.8) is 0 Å². The van der Waals surface area contributed by atoms with E-state index in [4.69, 9.17) is 11.6 Å². The van der Waals surface area contributed by atoms with Crippen LogP contribution in [0.4, 0.5) is 0 Å². The molecule has 1 saturated carbocycles. The average molecular weight is 405 g/mol. The van der Waals surface area contributed by atoms with Crippen LogP contribution in [0.5, 0.6) is 0 Å². The molecule has 0 unspecified atom stereocenters. The number of tetrazole rings is 1. The molecular weight excluding hydrogens is 372 g/mol. The number of nitrogens with zero attached hydrogens (tertiary/aromatic N) is 4. The molecule has 2 heterocycles. The summed E-state index contributed by atoms with van der Waals surface area (Å²) in [4.78, 5) is 3.30. The van der Waals surface area contributed by atoms with E-state index in [1.54, 1.807) is 9.80 Å². The minimum absolute atomic E-state index is 0.382. The van der Waals surface area contributed by atoms with Gasteiger partial charge in [0.05, 0.1) is 6.04 Å². The predicted molar refractivity (Wildman–Crippen MR) is 109 cm³/mol.